The molecule has 1 amide bonds. The highest BCUT2D eigenvalue weighted by atomic mass is 19.1. The molecule has 0 fully saturated rings. The molecule has 4 rings (SSSR count). The van der Waals surface area contributed by atoms with Crippen molar-refractivity contribution in [3.05, 3.63) is 70.4 Å². The number of ether oxygens (including phenoxy) is 1. The van der Waals surface area contributed by atoms with E-state index in [2.05, 4.69) is 15.2 Å². The summed E-state index contributed by atoms with van der Waals surface area (Å²) in [6, 6.07) is 3.30. The first-order valence-corrected chi connectivity index (χ1v) is 9.37. The molecule has 0 saturated heterocycles. The Labute approximate surface area is 170 Å². The molecule has 156 valence electrons. The Morgan fingerprint density at radius 1 is 1.20 bits per heavy atom. The van der Waals surface area contributed by atoms with Crippen molar-refractivity contribution >= 4 is 11.6 Å². The molecule has 0 spiro atoms. The fourth-order valence-electron chi connectivity index (χ4n) is 3.74. The highest BCUT2D eigenvalue weighted by Crippen LogP contribution is 2.44. The van der Waals surface area contributed by atoms with Gasteiger partial charge in [0.2, 0.25) is 5.88 Å². The number of aromatic amines is 1. The summed E-state index contributed by atoms with van der Waals surface area (Å²) in [6.07, 6.45) is 1.82. The molecule has 0 saturated carbocycles. The lowest BCUT2D eigenvalue weighted by molar-refractivity contribution is 0.0988. The quantitative estimate of drug-likeness (QED) is 0.678. The van der Waals surface area contributed by atoms with E-state index in [1.165, 1.54) is 24.3 Å². The topological polar surface area (TPSA) is 71.1 Å². The molecule has 1 atom stereocenters. The molecule has 1 aliphatic heterocycles. The lowest BCUT2D eigenvalue weighted by Crippen LogP contribution is -2.30. The number of aromatic nitrogens is 3. The van der Waals surface area contributed by atoms with Gasteiger partial charge in [-0.05, 0) is 18.4 Å². The number of rotatable bonds is 5. The molecule has 0 aliphatic carbocycles. The normalized spacial score (nSPS) is 15.8. The Hall–Kier alpha value is -3.36. The van der Waals surface area contributed by atoms with Crippen LogP contribution in [0.15, 0.2) is 30.5 Å². The van der Waals surface area contributed by atoms with Crippen molar-refractivity contribution < 1.29 is 22.7 Å². The molecule has 0 radical (unpaired) electrons. The van der Waals surface area contributed by atoms with Crippen molar-refractivity contribution in [1.29, 1.82) is 0 Å². The van der Waals surface area contributed by atoms with Crippen LogP contribution in [-0.4, -0.2) is 28.2 Å². The number of carbonyl (C=O) groups excluding carboxylic acids is 1. The number of hydrogen-bond donors (Lipinski definition) is 1. The molecule has 1 N–H and O–H groups in total. The summed E-state index contributed by atoms with van der Waals surface area (Å²) in [5.74, 6) is -2.83. The van der Waals surface area contributed by atoms with Crippen LogP contribution in [0.5, 0.6) is 5.88 Å². The zero-order valence-corrected chi connectivity index (χ0v) is 16.5. The average molecular weight is 416 g/mol. The molecule has 30 heavy (non-hydrogen) atoms. The lowest BCUT2D eigenvalue weighted by Gasteiger charge is -2.26. The number of hydrogen-bond acceptors (Lipinski definition) is 4. The molecule has 1 aliphatic rings. The van der Waals surface area contributed by atoms with E-state index in [1.54, 1.807) is 0 Å². The van der Waals surface area contributed by atoms with E-state index in [9.17, 15) is 18.0 Å². The van der Waals surface area contributed by atoms with Gasteiger partial charge in [0, 0.05) is 23.3 Å². The maximum atomic E-state index is 14.8. The number of pyridine rings is 1. The number of H-pyrrole nitrogens is 1. The maximum Gasteiger partial charge on any atom is 0.277 e. The van der Waals surface area contributed by atoms with Gasteiger partial charge in [0.05, 0.1) is 30.7 Å². The number of nitrogens with zero attached hydrogens (tertiary/aromatic N) is 3. The Balaban J connectivity index is 1.91. The van der Waals surface area contributed by atoms with E-state index in [0.29, 0.717) is 17.7 Å². The molecular weight excluding hydrogens is 397 g/mol. The van der Waals surface area contributed by atoms with Gasteiger partial charge >= 0.3 is 0 Å². The van der Waals surface area contributed by atoms with Crippen LogP contribution in [0, 0.1) is 23.4 Å². The molecule has 1 unspecified atom stereocenters. The summed E-state index contributed by atoms with van der Waals surface area (Å²) in [5, 5.41) is 6.98. The number of fused-ring (bicyclic) bond motifs is 1. The van der Waals surface area contributed by atoms with Crippen molar-refractivity contribution in [3.8, 4) is 5.88 Å². The fraction of sp³-hybridized carbons (Fsp3) is 0.286. The summed E-state index contributed by atoms with van der Waals surface area (Å²) in [7, 11) is 1.28. The van der Waals surface area contributed by atoms with Crippen LogP contribution in [0.2, 0.25) is 0 Å². The smallest absolute Gasteiger partial charge is 0.277 e. The first kappa shape index (κ1) is 19.9. The minimum atomic E-state index is -0.949. The predicted octanol–water partition coefficient (Wildman–Crippen LogP) is 4.18. The fourth-order valence-corrected chi connectivity index (χ4v) is 3.74. The van der Waals surface area contributed by atoms with Gasteiger partial charge in [0.25, 0.3) is 5.91 Å². The zero-order valence-electron chi connectivity index (χ0n) is 16.5. The summed E-state index contributed by atoms with van der Waals surface area (Å²) in [6.45, 7) is 3.98. The van der Waals surface area contributed by atoms with E-state index in [-0.39, 0.29) is 28.7 Å². The van der Waals surface area contributed by atoms with E-state index in [1.807, 2.05) is 13.8 Å². The third kappa shape index (κ3) is 3.20. The minimum absolute atomic E-state index is 0.0751. The van der Waals surface area contributed by atoms with Crippen molar-refractivity contribution in [2.75, 3.05) is 12.0 Å². The van der Waals surface area contributed by atoms with E-state index in [4.69, 9.17) is 4.74 Å². The molecule has 0 bridgehead atoms. The second-order valence-corrected chi connectivity index (χ2v) is 7.49. The van der Waals surface area contributed by atoms with Crippen molar-refractivity contribution in [2.45, 2.75) is 26.3 Å². The SMILES string of the molecule is COc1ncc(N2C(=O)c3[nH]nc(CC(C)C)c3C2c2ccc(F)cc2F)cc1F. The Kier molecular flexibility index (Phi) is 4.97. The number of carbonyl (C=O) groups is 1. The van der Waals surface area contributed by atoms with Crippen LogP contribution in [0.3, 0.4) is 0 Å². The van der Waals surface area contributed by atoms with Gasteiger partial charge < -0.3 is 4.74 Å². The van der Waals surface area contributed by atoms with Crippen LogP contribution in [-0.2, 0) is 6.42 Å². The number of amides is 1. The van der Waals surface area contributed by atoms with Gasteiger partial charge in [-0.1, -0.05) is 19.9 Å². The second-order valence-electron chi connectivity index (χ2n) is 7.49. The number of halogens is 3. The van der Waals surface area contributed by atoms with Gasteiger partial charge in [-0.25, -0.2) is 18.2 Å². The van der Waals surface area contributed by atoms with Crippen molar-refractivity contribution in [1.82, 2.24) is 15.2 Å². The molecule has 9 heteroatoms. The average Bonchev–Trinajstić information content (AvgIpc) is 3.21. The summed E-state index contributed by atoms with van der Waals surface area (Å²) in [4.78, 5) is 18.3. The first-order valence-electron chi connectivity index (χ1n) is 9.37. The van der Waals surface area contributed by atoms with Crippen molar-refractivity contribution in [3.63, 3.8) is 0 Å². The van der Waals surface area contributed by atoms with Crippen LogP contribution >= 0.6 is 0 Å². The standard InChI is InChI=1S/C21H19F3N4O2/c1-10(2)6-16-17-18(27-26-16)21(29)28(12-8-15(24)20(30-3)25-9-12)19(17)13-5-4-11(22)7-14(13)23/h4-5,7-10,19H,6H2,1-3H3,(H,26,27). The van der Waals surface area contributed by atoms with Gasteiger partial charge in [0.1, 0.15) is 17.3 Å². The Bertz CT molecular complexity index is 1130. The minimum Gasteiger partial charge on any atom is -0.479 e. The number of anilines is 1. The number of methoxy groups -OCH3 is 1. The monoisotopic (exact) mass is 416 g/mol. The maximum absolute atomic E-state index is 14.8. The van der Waals surface area contributed by atoms with Gasteiger partial charge in [0.15, 0.2) is 5.82 Å². The van der Waals surface area contributed by atoms with Crippen molar-refractivity contribution in [2.24, 2.45) is 5.92 Å². The van der Waals surface area contributed by atoms with Crippen LogP contribution in [0.4, 0.5) is 18.9 Å². The third-order valence-electron chi connectivity index (χ3n) is 4.97. The largest absolute Gasteiger partial charge is 0.479 e. The van der Waals surface area contributed by atoms with E-state index in [0.717, 1.165) is 18.2 Å². The molecule has 1 aromatic carbocycles. The van der Waals surface area contributed by atoms with Crippen LogP contribution in [0.25, 0.3) is 0 Å². The van der Waals surface area contributed by atoms with Gasteiger partial charge in [-0.2, -0.15) is 5.10 Å². The van der Waals surface area contributed by atoms with E-state index >= 15 is 0 Å². The Morgan fingerprint density at radius 3 is 2.60 bits per heavy atom. The van der Waals surface area contributed by atoms with Crippen LogP contribution in [0.1, 0.15) is 47.2 Å². The van der Waals surface area contributed by atoms with Gasteiger partial charge in [-0.15, -0.1) is 0 Å². The Morgan fingerprint density at radius 2 is 1.97 bits per heavy atom. The highest BCUT2D eigenvalue weighted by molar-refractivity contribution is 6.10. The number of nitrogens with one attached hydrogen (secondary N) is 1. The number of benzene rings is 1. The summed E-state index contributed by atoms with van der Waals surface area (Å²) >= 11 is 0. The zero-order chi connectivity index (χ0) is 21.6. The molecule has 3 aromatic rings. The second kappa shape index (κ2) is 7.47. The van der Waals surface area contributed by atoms with E-state index < -0.39 is 29.4 Å². The summed E-state index contributed by atoms with van der Waals surface area (Å²) < 4.78 is 47.5. The van der Waals surface area contributed by atoms with Crippen LogP contribution < -0.4 is 9.64 Å². The van der Waals surface area contributed by atoms with Gasteiger partial charge in [-0.3, -0.25) is 14.8 Å². The molecule has 3 heterocycles. The first-order chi connectivity index (χ1) is 14.3. The molecule has 2 aromatic heterocycles. The molecule has 6 nitrogen and oxygen atoms in total. The predicted molar refractivity (Wildman–Crippen MR) is 103 cm³/mol. The molecular formula is C21H19F3N4O2. The highest BCUT2D eigenvalue weighted by Gasteiger charge is 2.44. The summed E-state index contributed by atoms with van der Waals surface area (Å²) in [5.41, 5.74) is 1.48. The lowest BCUT2D eigenvalue weighted by atomic mass is 9.95. The third-order valence-corrected chi connectivity index (χ3v) is 4.97.